The first-order chi connectivity index (χ1) is 5.13. The summed E-state index contributed by atoms with van der Waals surface area (Å²) in [4.78, 5) is 5.57. The molecule has 0 aliphatic rings. The Bertz CT molecular complexity index is 300. The summed E-state index contributed by atoms with van der Waals surface area (Å²) in [6.07, 6.45) is 0. The van der Waals surface area contributed by atoms with E-state index >= 15 is 0 Å². The molecule has 0 saturated carbocycles. The van der Waals surface area contributed by atoms with Crippen LogP contribution in [0.15, 0.2) is 10.5 Å². The van der Waals surface area contributed by atoms with Crippen LogP contribution in [0.3, 0.4) is 0 Å². The van der Waals surface area contributed by atoms with Gasteiger partial charge in [0.15, 0.2) is 0 Å². The van der Waals surface area contributed by atoms with E-state index in [1.807, 2.05) is 5.51 Å². The van der Waals surface area contributed by atoms with Crippen LogP contribution >= 0.6 is 11.3 Å². The van der Waals surface area contributed by atoms with Crippen molar-refractivity contribution in [3.05, 3.63) is 10.4 Å². The largest absolute Gasteiger partial charge is 0.438 e. The highest BCUT2D eigenvalue weighted by Gasteiger charge is 2.01. The summed E-state index contributed by atoms with van der Waals surface area (Å²) in [5.74, 6) is 8.32. The van der Waals surface area contributed by atoms with Crippen LogP contribution in [0, 0.1) is 0 Å². The molecule has 0 amide bonds. The molecular formula is C8H12NS2-. The van der Waals surface area contributed by atoms with Gasteiger partial charge in [-0.15, -0.1) is 11.3 Å². The standard InChI is InChI=1S/C8H12NS2/c1-6(2)7-8(11(3)4)9-5-10-7/h5-6H,3-4H2,1-2H3/q-1. The van der Waals surface area contributed by atoms with Crippen molar-refractivity contribution in [2.75, 3.05) is 0 Å². The van der Waals surface area contributed by atoms with Gasteiger partial charge in [-0.25, -0.2) is 11.7 Å². The zero-order valence-corrected chi connectivity index (χ0v) is 8.47. The van der Waals surface area contributed by atoms with Gasteiger partial charge in [-0.2, -0.15) is 0 Å². The minimum absolute atomic E-state index is 0.181. The lowest BCUT2D eigenvalue weighted by atomic mass is 10.2. The van der Waals surface area contributed by atoms with E-state index in [1.54, 1.807) is 11.3 Å². The average molecular weight is 186 g/mol. The molecule has 0 saturated heterocycles. The molecule has 0 N–H and O–H groups in total. The number of rotatable bonds is 2. The fourth-order valence-corrected chi connectivity index (χ4v) is 2.83. The quantitative estimate of drug-likeness (QED) is 0.509. The Morgan fingerprint density at radius 2 is 2.18 bits per heavy atom. The van der Waals surface area contributed by atoms with Crippen LogP contribution in [0.25, 0.3) is 0 Å². The maximum Gasteiger partial charge on any atom is 0.0774 e. The van der Waals surface area contributed by atoms with Crippen LogP contribution in [0.5, 0.6) is 0 Å². The van der Waals surface area contributed by atoms with E-state index < -0.39 is 0 Å². The molecule has 0 aliphatic carbocycles. The molecule has 62 valence electrons. The zero-order chi connectivity index (χ0) is 8.43. The molecule has 3 heteroatoms. The van der Waals surface area contributed by atoms with Crippen LogP contribution in [-0.2, 0) is 10.1 Å². The molecular weight excluding hydrogens is 174 g/mol. The molecule has 1 aromatic heterocycles. The smallest absolute Gasteiger partial charge is 0.0774 e. The molecule has 0 bridgehead atoms. The Hall–Kier alpha value is -0.280. The van der Waals surface area contributed by atoms with Gasteiger partial charge in [0.2, 0.25) is 0 Å². The fourth-order valence-electron chi connectivity index (χ4n) is 0.845. The predicted molar refractivity (Wildman–Crippen MR) is 56.1 cm³/mol. The Kier molecular flexibility index (Phi) is 2.73. The van der Waals surface area contributed by atoms with Gasteiger partial charge in [-0.05, 0) is 10.9 Å². The second-order valence-electron chi connectivity index (χ2n) is 2.67. The molecule has 0 atom stereocenters. The number of nitrogens with zero attached hydrogens (tertiary/aromatic N) is 1. The highest BCUT2D eigenvalue weighted by Crippen LogP contribution is 2.23. The maximum absolute atomic E-state index is 4.24. The summed E-state index contributed by atoms with van der Waals surface area (Å²) < 4.78 is 0. The lowest BCUT2D eigenvalue weighted by Crippen LogP contribution is -1.89. The van der Waals surface area contributed by atoms with Crippen molar-refractivity contribution < 1.29 is 0 Å². The van der Waals surface area contributed by atoms with E-state index in [2.05, 4.69) is 30.6 Å². The van der Waals surface area contributed by atoms with Gasteiger partial charge >= 0.3 is 0 Å². The van der Waals surface area contributed by atoms with E-state index in [9.17, 15) is 0 Å². The lowest BCUT2D eigenvalue weighted by Gasteiger charge is -2.09. The van der Waals surface area contributed by atoms with Crippen molar-refractivity contribution in [3.63, 3.8) is 0 Å². The van der Waals surface area contributed by atoms with E-state index in [0.717, 1.165) is 5.03 Å². The van der Waals surface area contributed by atoms with Gasteiger partial charge in [-0.3, -0.25) is 4.98 Å². The minimum atomic E-state index is -0.181. The van der Waals surface area contributed by atoms with Crippen LogP contribution < -0.4 is 0 Å². The van der Waals surface area contributed by atoms with Crippen LogP contribution in [-0.4, -0.2) is 16.7 Å². The summed E-state index contributed by atoms with van der Waals surface area (Å²) in [6, 6.07) is 0. The third kappa shape index (κ3) is 1.84. The van der Waals surface area contributed by atoms with Crippen molar-refractivity contribution in [2.24, 2.45) is 0 Å². The fraction of sp³-hybridized carbons (Fsp3) is 0.375. The molecule has 1 rings (SSSR count). The van der Waals surface area contributed by atoms with Gasteiger partial charge in [0.05, 0.1) is 5.51 Å². The highest BCUT2D eigenvalue weighted by molar-refractivity contribution is 7.91. The molecule has 0 unspecified atom stereocenters. The topological polar surface area (TPSA) is 12.9 Å². The van der Waals surface area contributed by atoms with Crippen molar-refractivity contribution >= 4 is 33.2 Å². The first-order valence-corrected chi connectivity index (χ1v) is 5.84. The van der Waals surface area contributed by atoms with Crippen LogP contribution in [0.4, 0.5) is 0 Å². The molecule has 0 fully saturated rings. The summed E-state index contributed by atoms with van der Waals surface area (Å²) in [6.45, 7) is 4.34. The van der Waals surface area contributed by atoms with Crippen molar-refractivity contribution in [3.8, 4) is 0 Å². The van der Waals surface area contributed by atoms with Crippen molar-refractivity contribution in [1.82, 2.24) is 4.98 Å². The van der Waals surface area contributed by atoms with Crippen molar-refractivity contribution in [2.45, 2.75) is 24.8 Å². The van der Waals surface area contributed by atoms with E-state index in [0.29, 0.717) is 5.92 Å². The number of hydrogen-bond donors (Lipinski definition) is 0. The molecule has 0 aliphatic heterocycles. The second-order valence-corrected chi connectivity index (χ2v) is 4.93. The van der Waals surface area contributed by atoms with Gasteiger partial charge in [0, 0.05) is 4.88 Å². The lowest BCUT2D eigenvalue weighted by molar-refractivity contribution is 0.854. The molecule has 1 nitrogen and oxygen atoms in total. The Morgan fingerprint density at radius 3 is 2.55 bits per heavy atom. The molecule has 0 spiro atoms. The van der Waals surface area contributed by atoms with E-state index in [1.165, 1.54) is 4.88 Å². The third-order valence-electron chi connectivity index (χ3n) is 1.36. The van der Waals surface area contributed by atoms with E-state index in [-0.39, 0.29) is 10.1 Å². The summed E-state index contributed by atoms with van der Waals surface area (Å²) >= 11 is 1.70. The summed E-state index contributed by atoms with van der Waals surface area (Å²) in [5, 5.41) is 1.09. The number of hydrogen-bond acceptors (Lipinski definition) is 3. The number of aromatic nitrogens is 1. The Labute approximate surface area is 73.6 Å². The molecule has 11 heavy (non-hydrogen) atoms. The zero-order valence-electron chi connectivity index (χ0n) is 6.83. The first kappa shape index (κ1) is 8.81. The number of thiazole rings is 1. The van der Waals surface area contributed by atoms with Crippen molar-refractivity contribution in [1.29, 1.82) is 0 Å². The van der Waals surface area contributed by atoms with Gasteiger partial charge in [0.1, 0.15) is 0 Å². The SMILES string of the molecule is C=[S-](=C)c1ncsc1C(C)C. The van der Waals surface area contributed by atoms with Crippen LogP contribution in [0.1, 0.15) is 24.6 Å². The van der Waals surface area contributed by atoms with Gasteiger partial charge < -0.3 is 10.1 Å². The highest BCUT2D eigenvalue weighted by atomic mass is 32.2. The maximum atomic E-state index is 4.24. The Balaban J connectivity index is 3.16. The average Bonchev–Trinajstić information content (AvgIpc) is 2.32. The van der Waals surface area contributed by atoms with Gasteiger partial charge in [0.25, 0.3) is 0 Å². The predicted octanol–water partition coefficient (Wildman–Crippen LogP) is 2.11. The molecule has 0 aromatic carbocycles. The van der Waals surface area contributed by atoms with E-state index in [4.69, 9.17) is 0 Å². The second kappa shape index (κ2) is 3.41. The molecule has 0 radical (unpaired) electrons. The third-order valence-corrected chi connectivity index (χ3v) is 3.49. The summed E-state index contributed by atoms with van der Waals surface area (Å²) in [7, 11) is -0.181. The minimum Gasteiger partial charge on any atom is -0.438 e. The van der Waals surface area contributed by atoms with Crippen LogP contribution in [0.2, 0.25) is 0 Å². The normalized spacial score (nSPS) is 11.3. The molecule has 1 heterocycles. The van der Waals surface area contributed by atoms with Gasteiger partial charge in [-0.1, -0.05) is 13.8 Å². The Morgan fingerprint density at radius 1 is 1.55 bits per heavy atom. The summed E-state index contributed by atoms with van der Waals surface area (Å²) in [5.41, 5.74) is 1.88. The molecule has 1 aromatic rings. The first-order valence-electron chi connectivity index (χ1n) is 3.40. The monoisotopic (exact) mass is 186 g/mol.